The number of carbonyl (C=O) groups is 1. The van der Waals surface area contributed by atoms with Gasteiger partial charge in [-0.25, -0.2) is 0 Å². The van der Waals surface area contributed by atoms with Gasteiger partial charge in [0.2, 0.25) is 0 Å². The maximum Gasteiger partial charge on any atom is 0.260 e. The first-order valence-corrected chi connectivity index (χ1v) is 10.7. The first kappa shape index (κ1) is 19.7. The van der Waals surface area contributed by atoms with Crippen molar-refractivity contribution in [1.82, 2.24) is 9.80 Å². The van der Waals surface area contributed by atoms with Gasteiger partial charge in [0, 0.05) is 32.7 Å². The Morgan fingerprint density at radius 3 is 2.55 bits per heavy atom. The van der Waals surface area contributed by atoms with E-state index in [-0.39, 0.29) is 12.5 Å². The molecule has 0 bridgehead atoms. The zero-order chi connectivity index (χ0) is 19.9. The van der Waals surface area contributed by atoms with Gasteiger partial charge in [-0.05, 0) is 48.4 Å². The molecular weight excluding hydrogens is 360 g/mol. The number of amides is 1. The number of aryl methyl sites for hydroxylation is 1. The van der Waals surface area contributed by atoms with Crippen molar-refractivity contribution in [2.45, 2.75) is 25.7 Å². The molecule has 4 heteroatoms. The van der Waals surface area contributed by atoms with E-state index in [1.54, 1.807) is 0 Å². The number of piperazine rings is 1. The molecule has 0 aromatic heterocycles. The average Bonchev–Trinajstić information content (AvgIpc) is 2.78. The lowest BCUT2D eigenvalue weighted by Crippen LogP contribution is -2.49. The summed E-state index contributed by atoms with van der Waals surface area (Å²) < 4.78 is 5.94. The van der Waals surface area contributed by atoms with E-state index in [9.17, 15) is 4.79 Å². The molecule has 4 nitrogen and oxygen atoms in total. The number of hydrogen-bond acceptors (Lipinski definition) is 3. The predicted octanol–water partition coefficient (Wildman–Crippen LogP) is 3.80. The summed E-state index contributed by atoms with van der Waals surface area (Å²) in [4.78, 5) is 16.9. The SMILES string of the molecule is O=C(COc1cccc2c1CCCC2)N1CCN(C/C=C/c2ccccc2)CC1. The van der Waals surface area contributed by atoms with E-state index in [4.69, 9.17) is 4.74 Å². The van der Waals surface area contributed by atoms with Gasteiger partial charge in [0.05, 0.1) is 0 Å². The second kappa shape index (κ2) is 9.75. The molecule has 1 heterocycles. The summed E-state index contributed by atoms with van der Waals surface area (Å²) in [5, 5.41) is 0. The minimum Gasteiger partial charge on any atom is -0.483 e. The first-order chi connectivity index (χ1) is 14.3. The van der Waals surface area contributed by atoms with Crippen molar-refractivity contribution in [3.8, 4) is 5.75 Å². The van der Waals surface area contributed by atoms with Gasteiger partial charge in [-0.2, -0.15) is 0 Å². The van der Waals surface area contributed by atoms with Crippen LogP contribution in [0, 0.1) is 0 Å². The zero-order valence-electron chi connectivity index (χ0n) is 17.1. The molecular formula is C25H30N2O2. The van der Waals surface area contributed by atoms with Crippen LogP contribution in [0.25, 0.3) is 6.08 Å². The second-order valence-corrected chi connectivity index (χ2v) is 7.88. The number of ether oxygens (including phenoxy) is 1. The molecule has 1 aliphatic carbocycles. The maximum absolute atomic E-state index is 12.6. The van der Waals surface area contributed by atoms with Gasteiger partial charge < -0.3 is 9.64 Å². The molecule has 1 saturated heterocycles. The smallest absolute Gasteiger partial charge is 0.260 e. The van der Waals surface area contributed by atoms with Crippen LogP contribution in [0.4, 0.5) is 0 Å². The molecule has 2 aromatic rings. The number of hydrogen-bond donors (Lipinski definition) is 0. The van der Waals surface area contributed by atoms with Crippen LogP contribution in [0.3, 0.4) is 0 Å². The number of fused-ring (bicyclic) bond motifs is 1. The van der Waals surface area contributed by atoms with Gasteiger partial charge in [0.15, 0.2) is 6.61 Å². The quantitative estimate of drug-likeness (QED) is 0.752. The third-order valence-corrected chi connectivity index (χ3v) is 5.90. The Morgan fingerprint density at radius 1 is 0.931 bits per heavy atom. The van der Waals surface area contributed by atoms with E-state index in [1.165, 1.54) is 29.5 Å². The Balaban J connectivity index is 1.22. The molecule has 0 spiro atoms. The van der Waals surface area contributed by atoms with Gasteiger partial charge in [-0.15, -0.1) is 0 Å². The molecule has 1 fully saturated rings. The highest BCUT2D eigenvalue weighted by molar-refractivity contribution is 5.78. The van der Waals surface area contributed by atoms with E-state index in [0.717, 1.165) is 51.3 Å². The number of rotatable bonds is 6. The van der Waals surface area contributed by atoms with Crippen LogP contribution in [0.2, 0.25) is 0 Å². The van der Waals surface area contributed by atoms with E-state index in [0.29, 0.717) is 0 Å². The lowest BCUT2D eigenvalue weighted by molar-refractivity contribution is -0.135. The van der Waals surface area contributed by atoms with Crippen LogP contribution in [0.15, 0.2) is 54.6 Å². The van der Waals surface area contributed by atoms with Crippen molar-refractivity contribution < 1.29 is 9.53 Å². The second-order valence-electron chi connectivity index (χ2n) is 7.88. The standard InChI is InChI=1S/C25H30N2O2/c28-25(20-29-24-14-6-12-22-11-4-5-13-23(22)24)27-18-16-26(17-19-27)15-7-10-21-8-2-1-3-9-21/h1-3,6-10,12,14H,4-5,11,13,15-20H2/b10-7+. The van der Waals surface area contributed by atoms with Crippen LogP contribution in [0.5, 0.6) is 5.75 Å². The van der Waals surface area contributed by atoms with Gasteiger partial charge in [0.1, 0.15) is 5.75 Å². The van der Waals surface area contributed by atoms with E-state index in [1.807, 2.05) is 23.1 Å². The van der Waals surface area contributed by atoms with E-state index in [2.05, 4.69) is 47.4 Å². The van der Waals surface area contributed by atoms with Crippen molar-refractivity contribution in [2.24, 2.45) is 0 Å². The van der Waals surface area contributed by atoms with Crippen molar-refractivity contribution in [3.05, 3.63) is 71.3 Å². The monoisotopic (exact) mass is 390 g/mol. The highest BCUT2D eigenvalue weighted by Gasteiger charge is 2.21. The Hall–Kier alpha value is -2.59. The van der Waals surface area contributed by atoms with E-state index < -0.39 is 0 Å². The predicted molar refractivity (Wildman–Crippen MR) is 117 cm³/mol. The highest BCUT2D eigenvalue weighted by Crippen LogP contribution is 2.29. The molecule has 29 heavy (non-hydrogen) atoms. The summed E-state index contributed by atoms with van der Waals surface area (Å²) in [5.74, 6) is 0.998. The Kier molecular flexibility index (Phi) is 6.63. The van der Waals surface area contributed by atoms with Crippen LogP contribution >= 0.6 is 0 Å². The van der Waals surface area contributed by atoms with Crippen molar-refractivity contribution in [3.63, 3.8) is 0 Å². The molecule has 2 aliphatic rings. The normalized spacial score (nSPS) is 17.3. The molecule has 0 unspecified atom stereocenters. The number of carbonyl (C=O) groups excluding carboxylic acids is 1. The van der Waals surface area contributed by atoms with E-state index >= 15 is 0 Å². The Morgan fingerprint density at radius 2 is 1.72 bits per heavy atom. The summed E-state index contributed by atoms with van der Waals surface area (Å²) >= 11 is 0. The summed E-state index contributed by atoms with van der Waals surface area (Å²) in [5.41, 5.74) is 3.92. The lowest BCUT2D eigenvalue weighted by Gasteiger charge is -2.34. The largest absolute Gasteiger partial charge is 0.483 e. The van der Waals surface area contributed by atoms with Crippen molar-refractivity contribution in [1.29, 1.82) is 0 Å². The highest BCUT2D eigenvalue weighted by atomic mass is 16.5. The summed E-state index contributed by atoms with van der Waals surface area (Å²) in [6.45, 7) is 4.42. The molecule has 4 rings (SSSR count). The number of nitrogens with zero attached hydrogens (tertiary/aromatic N) is 2. The molecule has 1 amide bonds. The summed E-state index contributed by atoms with van der Waals surface area (Å²) in [6.07, 6.45) is 9.01. The fourth-order valence-corrected chi connectivity index (χ4v) is 4.19. The van der Waals surface area contributed by atoms with Gasteiger partial charge >= 0.3 is 0 Å². The molecule has 0 saturated carbocycles. The van der Waals surface area contributed by atoms with Crippen LogP contribution in [-0.4, -0.2) is 55.0 Å². The lowest BCUT2D eigenvalue weighted by atomic mass is 9.91. The maximum atomic E-state index is 12.6. The molecule has 0 N–H and O–H groups in total. The third-order valence-electron chi connectivity index (χ3n) is 5.90. The van der Waals surface area contributed by atoms with Crippen LogP contribution in [0.1, 0.15) is 29.5 Å². The van der Waals surface area contributed by atoms with Crippen LogP contribution < -0.4 is 4.74 Å². The zero-order valence-corrected chi connectivity index (χ0v) is 17.1. The van der Waals surface area contributed by atoms with Crippen molar-refractivity contribution >= 4 is 12.0 Å². The Labute approximate surface area is 173 Å². The van der Waals surface area contributed by atoms with Gasteiger partial charge in [-0.3, -0.25) is 9.69 Å². The molecule has 152 valence electrons. The first-order valence-electron chi connectivity index (χ1n) is 10.7. The minimum absolute atomic E-state index is 0.0953. The average molecular weight is 391 g/mol. The molecule has 0 atom stereocenters. The fraction of sp³-hybridized carbons (Fsp3) is 0.400. The summed E-state index contributed by atoms with van der Waals surface area (Å²) in [7, 11) is 0. The molecule has 0 radical (unpaired) electrons. The van der Waals surface area contributed by atoms with Crippen LogP contribution in [-0.2, 0) is 17.6 Å². The van der Waals surface area contributed by atoms with Gasteiger partial charge in [-0.1, -0.05) is 54.6 Å². The molecule has 1 aliphatic heterocycles. The number of benzene rings is 2. The minimum atomic E-state index is 0.0953. The topological polar surface area (TPSA) is 32.8 Å². The Bertz CT molecular complexity index is 839. The van der Waals surface area contributed by atoms with Crippen molar-refractivity contribution in [2.75, 3.05) is 39.3 Å². The molecule has 2 aromatic carbocycles. The van der Waals surface area contributed by atoms with Gasteiger partial charge in [0.25, 0.3) is 5.91 Å². The third kappa shape index (κ3) is 5.27. The fourth-order valence-electron chi connectivity index (χ4n) is 4.19. The summed E-state index contributed by atoms with van der Waals surface area (Å²) in [6, 6.07) is 16.6.